The lowest BCUT2D eigenvalue weighted by atomic mass is 9.98. The fraction of sp³-hybridized carbons (Fsp3) is 0.400. The van der Waals surface area contributed by atoms with E-state index in [0.717, 1.165) is 17.0 Å². The molecule has 0 saturated heterocycles. The van der Waals surface area contributed by atoms with Crippen LogP contribution in [0.1, 0.15) is 17.2 Å². The first-order valence-electron chi connectivity index (χ1n) is 4.32. The Labute approximate surface area is 82.1 Å². The molecule has 1 aromatic rings. The van der Waals surface area contributed by atoms with E-state index in [1.165, 1.54) is 5.56 Å². The molecular weight excluding hydrogens is 188 g/mol. The summed E-state index contributed by atoms with van der Waals surface area (Å²) in [6.07, 6.45) is 0.716. The third kappa shape index (κ3) is 1.70. The Balaban J connectivity index is 2.40. The molecule has 1 heterocycles. The molecule has 0 radical (unpaired) electrons. The predicted octanol–water partition coefficient (Wildman–Crippen LogP) is 1.95. The number of fused-ring (bicyclic) bond motifs is 1. The number of aliphatic hydroxyl groups excluding tert-OH is 1. The topological polar surface area (TPSA) is 29.5 Å². The maximum absolute atomic E-state index is 9.05. The maximum Gasteiger partial charge on any atom is 0.106 e. The van der Waals surface area contributed by atoms with Gasteiger partial charge in [-0.25, -0.2) is 0 Å². The average molecular weight is 199 g/mol. The van der Waals surface area contributed by atoms with Gasteiger partial charge in [-0.15, -0.1) is 0 Å². The second kappa shape index (κ2) is 3.66. The summed E-state index contributed by atoms with van der Waals surface area (Å²) in [5, 5.41) is 9.80. The molecule has 70 valence electrons. The van der Waals surface area contributed by atoms with Crippen molar-refractivity contribution in [3.63, 3.8) is 0 Å². The summed E-state index contributed by atoms with van der Waals surface area (Å²) in [6, 6.07) is 5.71. The molecule has 1 aliphatic rings. The normalized spacial score (nSPS) is 21.2. The number of rotatable bonds is 1. The van der Waals surface area contributed by atoms with Crippen LogP contribution in [0.25, 0.3) is 0 Å². The van der Waals surface area contributed by atoms with Crippen LogP contribution in [0.4, 0.5) is 0 Å². The van der Waals surface area contributed by atoms with Gasteiger partial charge in [-0.1, -0.05) is 17.7 Å². The van der Waals surface area contributed by atoms with Crippen molar-refractivity contribution in [2.24, 2.45) is 0 Å². The summed E-state index contributed by atoms with van der Waals surface area (Å²) < 4.78 is 5.40. The fourth-order valence-electron chi connectivity index (χ4n) is 1.66. The Kier molecular flexibility index (Phi) is 2.54. The quantitative estimate of drug-likeness (QED) is 0.748. The van der Waals surface area contributed by atoms with Gasteiger partial charge in [0.25, 0.3) is 0 Å². The van der Waals surface area contributed by atoms with Crippen LogP contribution in [0.2, 0.25) is 5.02 Å². The zero-order valence-corrected chi connectivity index (χ0v) is 7.92. The van der Waals surface area contributed by atoms with Crippen LogP contribution in [0.15, 0.2) is 18.2 Å². The molecule has 2 nitrogen and oxygen atoms in total. The van der Waals surface area contributed by atoms with Gasteiger partial charge in [0.15, 0.2) is 0 Å². The standard InChI is InChI=1S/C10H11ClO2/c11-8-1-2-9-7(5-8)3-4-13-10(9)6-12/h1-2,5,10,12H,3-4,6H2. The van der Waals surface area contributed by atoms with Gasteiger partial charge in [-0.2, -0.15) is 0 Å². The summed E-state index contributed by atoms with van der Waals surface area (Å²) in [5.41, 5.74) is 2.26. The third-order valence-corrected chi connectivity index (χ3v) is 2.54. The highest BCUT2D eigenvalue weighted by Gasteiger charge is 2.19. The van der Waals surface area contributed by atoms with Gasteiger partial charge in [0.2, 0.25) is 0 Å². The molecule has 1 aliphatic heterocycles. The maximum atomic E-state index is 9.05. The largest absolute Gasteiger partial charge is 0.393 e. The molecule has 0 saturated carbocycles. The molecule has 3 heteroatoms. The molecule has 0 bridgehead atoms. The Hall–Kier alpha value is -0.570. The first-order valence-corrected chi connectivity index (χ1v) is 4.70. The summed E-state index contributed by atoms with van der Waals surface area (Å²) in [6.45, 7) is 0.702. The van der Waals surface area contributed by atoms with Crippen LogP contribution < -0.4 is 0 Å². The smallest absolute Gasteiger partial charge is 0.106 e. The van der Waals surface area contributed by atoms with E-state index in [1.54, 1.807) is 0 Å². The van der Waals surface area contributed by atoms with Gasteiger partial charge < -0.3 is 9.84 Å². The van der Waals surface area contributed by atoms with Gasteiger partial charge in [-0.05, 0) is 29.7 Å². The van der Waals surface area contributed by atoms with Crippen molar-refractivity contribution in [2.75, 3.05) is 13.2 Å². The van der Waals surface area contributed by atoms with E-state index in [2.05, 4.69) is 0 Å². The van der Waals surface area contributed by atoms with Crippen LogP contribution in [0.3, 0.4) is 0 Å². The molecule has 0 fully saturated rings. The molecule has 0 amide bonds. The van der Waals surface area contributed by atoms with E-state index in [1.807, 2.05) is 18.2 Å². The van der Waals surface area contributed by atoms with Crippen molar-refractivity contribution in [1.29, 1.82) is 0 Å². The fourth-order valence-corrected chi connectivity index (χ4v) is 1.85. The third-order valence-electron chi connectivity index (χ3n) is 2.31. The predicted molar refractivity (Wildman–Crippen MR) is 50.9 cm³/mol. The molecule has 2 rings (SSSR count). The highest BCUT2D eigenvalue weighted by Crippen LogP contribution is 2.28. The van der Waals surface area contributed by atoms with Crippen molar-refractivity contribution in [3.8, 4) is 0 Å². The molecular formula is C10H11ClO2. The zero-order valence-electron chi connectivity index (χ0n) is 7.16. The van der Waals surface area contributed by atoms with Crippen molar-refractivity contribution in [1.82, 2.24) is 0 Å². The monoisotopic (exact) mass is 198 g/mol. The van der Waals surface area contributed by atoms with Crippen molar-refractivity contribution in [3.05, 3.63) is 34.3 Å². The van der Waals surface area contributed by atoms with Crippen LogP contribution in [-0.2, 0) is 11.2 Å². The number of halogens is 1. The minimum atomic E-state index is -0.166. The lowest BCUT2D eigenvalue weighted by Crippen LogP contribution is -2.18. The minimum absolute atomic E-state index is 0.0363. The summed E-state index contributed by atoms with van der Waals surface area (Å²) in [4.78, 5) is 0. The van der Waals surface area contributed by atoms with Crippen LogP contribution in [0.5, 0.6) is 0 Å². The highest BCUT2D eigenvalue weighted by molar-refractivity contribution is 6.30. The van der Waals surface area contributed by atoms with Gasteiger partial charge in [0, 0.05) is 5.02 Å². The molecule has 13 heavy (non-hydrogen) atoms. The molecule has 0 spiro atoms. The number of hydrogen-bond acceptors (Lipinski definition) is 2. The summed E-state index contributed by atoms with van der Waals surface area (Å²) in [7, 11) is 0. The summed E-state index contributed by atoms with van der Waals surface area (Å²) >= 11 is 5.86. The summed E-state index contributed by atoms with van der Waals surface area (Å²) in [5.74, 6) is 0. The second-order valence-corrected chi connectivity index (χ2v) is 3.57. The lowest BCUT2D eigenvalue weighted by Gasteiger charge is -2.24. The van der Waals surface area contributed by atoms with Crippen molar-refractivity contribution < 1.29 is 9.84 Å². The van der Waals surface area contributed by atoms with E-state index >= 15 is 0 Å². The lowest BCUT2D eigenvalue weighted by molar-refractivity contribution is 0.00318. The molecule has 0 aliphatic carbocycles. The number of hydrogen-bond donors (Lipinski definition) is 1. The first kappa shape index (κ1) is 9.00. The van der Waals surface area contributed by atoms with E-state index in [4.69, 9.17) is 21.4 Å². The van der Waals surface area contributed by atoms with Crippen molar-refractivity contribution >= 4 is 11.6 Å². The average Bonchev–Trinajstić information content (AvgIpc) is 2.16. The van der Waals surface area contributed by atoms with E-state index in [9.17, 15) is 0 Å². The van der Waals surface area contributed by atoms with Crippen molar-refractivity contribution in [2.45, 2.75) is 12.5 Å². The Bertz CT molecular complexity index is 312. The van der Waals surface area contributed by atoms with Gasteiger partial charge in [0.1, 0.15) is 6.10 Å². The van der Waals surface area contributed by atoms with Crippen LogP contribution in [0, 0.1) is 0 Å². The Morgan fingerprint density at radius 2 is 2.38 bits per heavy atom. The first-order chi connectivity index (χ1) is 6.31. The minimum Gasteiger partial charge on any atom is -0.393 e. The zero-order chi connectivity index (χ0) is 9.26. The Morgan fingerprint density at radius 1 is 1.54 bits per heavy atom. The molecule has 1 aromatic carbocycles. The molecule has 1 N–H and O–H groups in total. The van der Waals surface area contributed by atoms with E-state index in [-0.39, 0.29) is 12.7 Å². The Morgan fingerprint density at radius 3 is 3.15 bits per heavy atom. The highest BCUT2D eigenvalue weighted by atomic mass is 35.5. The van der Waals surface area contributed by atoms with Crippen LogP contribution in [-0.4, -0.2) is 18.3 Å². The number of benzene rings is 1. The van der Waals surface area contributed by atoms with Gasteiger partial charge >= 0.3 is 0 Å². The van der Waals surface area contributed by atoms with Gasteiger partial charge in [0.05, 0.1) is 13.2 Å². The second-order valence-electron chi connectivity index (χ2n) is 3.14. The van der Waals surface area contributed by atoms with Gasteiger partial charge in [-0.3, -0.25) is 0 Å². The number of ether oxygens (including phenoxy) is 1. The van der Waals surface area contributed by atoms with E-state index < -0.39 is 0 Å². The molecule has 1 unspecified atom stereocenters. The molecule has 1 atom stereocenters. The number of aliphatic hydroxyl groups is 1. The van der Waals surface area contributed by atoms with Crippen LogP contribution >= 0.6 is 11.6 Å². The molecule has 0 aromatic heterocycles. The van der Waals surface area contributed by atoms with E-state index in [0.29, 0.717) is 6.61 Å². The SMILES string of the molecule is OCC1OCCc2cc(Cl)ccc21.